The minimum absolute atomic E-state index is 0.176. The molecule has 1 amide bonds. The summed E-state index contributed by atoms with van der Waals surface area (Å²) in [6, 6.07) is 4.10. The number of amides is 1. The first-order valence-corrected chi connectivity index (χ1v) is 10.1. The molecule has 0 N–H and O–H groups in total. The van der Waals surface area contributed by atoms with E-state index >= 15 is 0 Å². The number of hydrogen-bond acceptors (Lipinski definition) is 3. The molecule has 0 spiro atoms. The number of rotatable bonds is 6. The van der Waals surface area contributed by atoms with Gasteiger partial charge in [0.1, 0.15) is 5.60 Å². The molecule has 150 valence electrons. The predicted octanol–water partition coefficient (Wildman–Crippen LogP) is 5.14. The summed E-state index contributed by atoms with van der Waals surface area (Å²) in [5.74, 6) is 2.04. The second-order valence-electron chi connectivity index (χ2n) is 8.03. The number of nitrogens with zero attached hydrogens (tertiary/aromatic N) is 1. The summed E-state index contributed by atoms with van der Waals surface area (Å²) in [5, 5.41) is 0. The van der Waals surface area contributed by atoms with Crippen molar-refractivity contribution in [3.05, 3.63) is 53.6 Å². The van der Waals surface area contributed by atoms with E-state index in [2.05, 4.69) is 42.5 Å². The van der Waals surface area contributed by atoms with E-state index < -0.39 is 0 Å². The van der Waals surface area contributed by atoms with Crippen molar-refractivity contribution >= 4 is 12.0 Å². The summed E-state index contributed by atoms with van der Waals surface area (Å²) in [4.78, 5) is 14.6. The van der Waals surface area contributed by atoms with Gasteiger partial charge in [-0.3, -0.25) is 4.79 Å². The van der Waals surface area contributed by atoms with E-state index in [0.29, 0.717) is 24.6 Å². The van der Waals surface area contributed by atoms with Crippen molar-refractivity contribution in [1.82, 2.24) is 4.90 Å². The molecule has 0 saturated heterocycles. The maximum atomic E-state index is 12.6. The zero-order chi connectivity index (χ0) is 20.1. The van der Waals surface area contributed by atoms with Crippen molar-refractivity contribution in [3.63, 3.8) is 0 Å². The van der Waals surface area contributed by atoms with Gasteiger partial charge in [-0.25, -0.2) is 0 Å². The van der Waals surface area contributed by atoms with Crippen molar-refractivity contribution in [1.29, 1.82) is 0 Å². The highest BCUT2D eigenvalue weighted by Gasteiger charge is 2.26. The molecule has 1 aromatic carbocycles. The molecule has 2 aliphatic rings. The van der Waals surface area contributed by atoms with Crippen molar-refractivity contribution in [2.45, 2.75) is 52.2 Å². The fourth-order valence-corrected chi connectivity index (χ4v) is 3.68. The normalized spacial score (nSPS) is 19.5. The lowest BCUT2D eigenvalue weighted by atomic mass is 9.99. The molecule has 28 heavy (non-hydrogen) atoms. The number of ether oxygens (including phenoxy) is 2. The zero-order valence-corrected chi connectivity index (χ0v) is 17.4. The van der Waals surface area contributed by atoms with Gasteiger partial charge in [-0.1, -0.05) is 37.3 Å². The standard InChI is InChI=1S/C24H31NO3/c1-5-22(26)25(16-18-10-8-6-7-9-11-18)17-19-14-20-12-13-24(2,3)28-23(20)21(15-19)27-4/h6-8,10,12-15,18H,5,9,11,16-17H2,1-4H3. The predicted molar refractivity (Wildman–Crippen MR) is 113 cm³/mol. The van der Waals surface area contributed by atoms with Crippen LogP contribution in [0.15, 0.2) is 42.5 Å². The summed E-state index contributed by atoms with van der Waals surface area (Å²) in [5.41, 5.74) is 1.70. The second kappa shape index (κ2) is 8.68. The Bertz CT molecular complexity index is 804. The minimum atomic E-state index is -0.355. The molecule has 0 aromatic heterocycles. The molecular formula is C24H31NO3. The lowest BCUT2D eigenvalue weighted by molar-refractivity contribution is -0.132. The van der Waals surface area contributed by atoms with E-state index in [4.69, 9.17) is 9.47 Å². The van der Waals surface area contributed by atoms with Crippen molar-refractivity contribution in [3.8, 4) is 11.5 Å². The van der Waals surface area contributed by atoms with Gasteiger partial charge in [-0.05, 0) is 56.4 Å². The lowest BCUT2D eigenvalue weighted by Crippen LogP contribution is -2.34. The largest absolute Gasteiger partial charge is 0.493 e. The number of fused-ring (bicyclic) bond motifs is 1. The highest BCUT2D eigenvalue weighted by Crippen LogP contribution is 2.40. The monoisotopic (exact) mass is 381 g/mol. The van der Waals surface area contributed by atoms with Crippen molar-refractivity contribution < 1.29 is 14.3 Å². The van der Waals surface area contributed by atoms with Crippen LogP contribution in [0, 0.1) is 5.92 Å². The number of benzene rings is 1. The topological polar surface area (TPSA) is 38.8 Å². The Morgan fingerprint density at radius 2 is 2.14 bits per heavy atom. The van der Waals surface area contributed by atoms with Gasteiger partial charge in [0.05, 0.1) is 7.11 Å². The second-order valence-corrected chi connectivity index (χ2v) is 8.03. The Morgan fingerprint density at radius 3 is 2.89 bits per heavy atom. The van der Waals surface area contributed by atoms with Crippen LogP contribution in [-0.4, -0.2) is 30.1 Å². The molecular weight excluding hydrogens is 350 g/mol. The fourth-order valence-electron chi connectivity index (χ4n) is 3.68. The Hall–Kier alpha value is -2.49. The average molecular weight is 382 g/mol. The van der Waals surface area contributed by atoms with E-state index in [1.165, 1.54) is 0 Å². The number of carbonyl (C=O) groups excluding carboxylic acids is 1. The van der Waals surface area contributed by atoms with E-state index in [1.807, 2.05) is 31.7 Å². The van der Waals surface area contributed by atoms with E-state index in [0.717, 1.165) is 36.3 Å². The van der Waals surface area contributed by atoms with Gasteiger partial charge in [0.2, 0.25) is 5.91 Å². The molecule has 0 saturated carbocycles. The molecule has 0 fully saturated rings. The molecule has 4 nitrogen and oxygen atoms in total. The first-order valence-electron chi connectivity index (χ1n) is 10.1. The first-order chi connectivity index (χ1) is 13.4. The summed E-state index contributed by atoms with van der Waals surface area (Å²) < 4.78 is 11.7. The number of allylic oxidation sites excluding steroid dienone is 3. The molecule has 1 aliphatic heterocycles. The quantitative estimate of drug-likeness (QED) is 0.685. The third-order valence-electron chi connectivity index (χ3n) is 5.21. The Balaban J connectivity index is 1.83. The van der Waals surface area contributed by atoms with Crippen LogP contribution in [0.4, 0.5) is 0 Å². The van der Waals surface area contributed by atoms with Crippen LogP contribution in [0.5, 0.6) is 11.5 Å². The van der Waals surface area contributed by atoms with Crippen LogP contribution in [0.25, 0.3) is 6.08 Å². The van der Waals surface area contributed by atoms with Crippen molar-refractivity contribution in [2.24, 2.45) is 5.92 Å². The van der Waals surface area contributed by atoms with E-state index in [9.17, 15) is 4.79 Å². The molecule has 3 rings (SSSR count). The summed E-state index contributed by atoms with van der Waals surface area (Å²) in [7, 11) is 1.66. The molecule has 1 heterocycles. The Kier molecular flexibility index (Phi) is 6.28. The molecule has 1 unspecified atom stereocenters. The van der Waals surface area contributed by atoms with Crippen molar-refractivity contribution in [2.75, 3.05) is 13.7 Å². The van der Waals surface area contributed by atoms with Gasteiger partial charge >= 0.3 is 0 Å². The maximum Gasteiger partial charge on any atom is 0.222 e. The van der Waals surface area contributed by atoms with Crippen LogP contribution in [0.3, 0.4) is 0 Å². The molecule has 1 aromatic rings. The smallest absolute Gasteiger partial charge is 0.222 e. The summed E-state index contributed by atoms with van der Waals surface area (Å²) in [6.45, 7) is 7.29. The molecule has 4 heteroatoms. The summed E-state index contributed by atoms with van der Waals surface area (Å²) >= 11 is 0. The van der Waals surface area contributed by atoms with Gasteiger partial charge in [-0.15, -0.1) is 0 Å². The maximum absolute atomic E-state index is 12.6. The van der Waals surface area contributed by atoms with Gasteiger partial charge in [0, 0.05) is 25.1 Å². The third kappa shape index (κ3) is 4.86. The lowest BCUT2D eigenvalue weighted by Gasteiger charge is -2.30. The Morgan fingerprint density at radius 1 is 1.32 bits per heavy atom. The highest BCUT2D eigenvalue weighted by atomic mass is 16.5. The fraction of sp³-hybridized carbons (Fsp3) is 0.458. The Labute approximate surface area is 168 Å². The van der Waals surface area contributed by atoms with Crippen LogP contribution in [0.2, 0.25) is 0 Å². The number of carbonyl (C=O) groups is 1. The molecule has 0 bridgehead atoms. The molecule has 0 radical (unpaired) electrons. The van der Waals surface area contributed by atoms with Gasteiger partial charge in [0.15, 0.2) is 11.5 Å². The van der Waals surface area contributed by atoms with Crippen LogP contribution >= 0.6 is 0 Å². The number of hydrogen-bond donors (Lipinski definition) is 0. The zero-order valence-electron chi connectivity index (χ0n) is 17.4. The van der Waals surface area contributed by atoms with Crippen LogP contribution in [0.1, 0.15) is 51.2 Å². The number of methoxy groups -OCH3 is 1. The van der Waals surface area contributed by atoms with E-state index in [1.54, 1.807) is 7.11 Å². The summed E-state index contributed by atoms with van der Waals surface area (Å²) in [6.07, 6.45) is 15.3. The van der Waals surface area contributed by atoms with Gasteiger partial charge < -0.3 is 14.4 Å². The average Bonchev–Trinajstić information content (AvgIpc) is 2.94. The van der Waals surface area contributed by atoms with E-state index in [-0.39, 0.29) is 11.5 Å². The van der Waals surface area contributed by atoms with Crippen LogP contribution < -0.4 is 9.47 Å². The highest BCUT2D eigenvalue weighted by molar-refractivity contribution is 5.76. The molecule has 1 atom stereocenters. The van der Waals surface area contributed by atoms with Gasteiger partial charge in [-0.2, -0.15) is 0 Å². The van der Waals surface area contributed by atoms with Crippen LogP contribution in [-0.2, 0) is 11.3 Å². The SMILES string of the molecule is CCC(=O)N(Cc1cc2c(c(OC)c1)OC(C)(C)C=C2)CC1C=CC=CCC1. The minimum Gasteiger partial charge on any atom is -0.493 e. The van der Waals surface area contributed by atoms with Gasteiger partial charge in [0.25, 0.3) is 0 Å². The first kappa shape index (κ1) is 20.2. The molecule has 1 aliphatic carbocycles. The third-order valence-corrected chi connectivity index (χ3v) is 5.21.